The number of aromatic nitrogens is 1. The number of carbonyl (C=O) groups is 1. The van der Waals surface area contributed by atoms with Crippen molar-refractivity contribution in [2.24, 2.45) is 5.41 Å². The zero-order valence-corrected chi connectivity index (χ0v) is 21.7. The lowest BCUT2D eigenvalue weighted by atomic mass is 9.93. The molecule has 1 heterocycles. The van der Waals surface area contributed by atoms with Crippen LogP contribution in [0.1, 0.15) is 42.7 Å². The third-order valence-corrected chi connectivity index (χ3v) is 5.54. The van der Waals surface area contributed by atoms with E-state index in [1.54, 1.807) is 0 Å². The highest BCUT2D eigenvalue weighted by atomic mass is 19.4. The van der Waals surface area contributed by atoms with E-state index < -0.39 is 6.36 Å². The molecule has 0 spiro atoms. The Bertz CT molecular complexity index is 1200. The molecule has 3 rings (SSSR count). The lowest BCUT2D eigenvalue weighted by Crippen LogP contribution is -2.34. The molecular weight excluding hydrogens is 481 g/mol. The lowest BCUT2D eigenvalue weighted by molar-refractivity contribution is -0.274. The van der Waals surface area contributed by atoms with E-state index >= 15 is 0 Å². The van der Waals surface area contributed by atoms with Crippen molar-refractivity contribution in [1.82, 2.24) is 15.2 Å². The second-order valence-electron chi connectivity index (χ2n) is 10.1. The molecule has 37 heavy (non-hydrogen) atoms. The molecule has 0 bridgehead atoms. The summed E-state index contributed by atoms with van der Waals surface area (Å²) in [7, 11) is 4.12. The third-order valence-electron chi connectivity index (χ3n) is 5.54. The molecule has 1 aliphatic rings. The Morgan fingerprint density at radius 1 is 1.19 bits per heavy atom. The van der Waals surface area contributed by atoms with Crippen LogP contribution in [0.2, 0.25) is 0 Å². The van der Waals surface area contributed by atoms with Crippen LogP contribution < -0.4 is 15.4 Å². The molecule has 0 aliphatic heterocycles. The van der Waals surface area contributed by atoms with Gasteiger partial charge < -0.3 is 20.3 Å². The van der Waals surface area contributed by atoms with Gasteiger partial charge >= 0.3 is 6.36 Å². The summed E-state index contributed by atoms with van der Waals surface area (Å²) >= 11 is 0. The molecule has 198 valence electrons. The summed E-state index contributed by atoms with van der Waals surface area (Å²) in [4.78, 5) is 19.4. The van der Waals surface area contributed by atoms with Crippen LogP contribution in [-0.4, -0.2) is 49.3 Å². The zero-order valence-electron chi connectivity index (χ0n) is 21.7. The minimum Gasteiger partial charge on any atom is -0.406 e. The van der Waals surface area contributed by atoms with Crippen LogP contribution in [0.4, 0.5) is 19.0 Å². The van der Waals surface area contributed by atoms with E-state index in [-0.39, 0.29) is 17.1 Å². The number of rotatable bonds is 9. The molecule has 2 aromatic rings. The van der Waals surface area contributed by atoms with Gasteiger partial charge in [-0.1, -0.05) is 32.1 Å². The number of allylic oxidation sites excluding steroid dienone is 1. The fourth-order valence-corrected chi connectivity index (χ4v) is 4.12. The highest BCUT2D eigenvalue weighted by Crippen LogP contribution is 2.26. The van der Waals surface area contributed by atoms with Gasteiger partial charge in [0.15, 0.2) is 0 Å². The first-order chi connectivity index (χ1) is 17.3. The van der Waals surface area contributed by atoms with Crippen LogP contribution in [0.15, 0.2) is 48.2 Å². The van der Waals surface area contributed by atoms with Gasteiger partial charge in [-0.25, -0.2) is 4.98 Å². The summed E-state index contributed by atoms with van der Waals surface area (Å²) in [6, 6.07) is 7.28. The fraction of sp³-hybridized carbons (Fsp3) is 0.357. The summed E-state index contributed by atoms with van der Waals surface area (Å²) < 4.78 is 40.7. The van der Waals surface area contributed by atoms with Gasteiger partial charge in [0.1, 0.15) is 11.6 Å². The second kappa shape index (κ2) is 11.6. The van der Waals surface area contributed by atoms with E-state index in [9.17, 15) is 18.0 Å². The number of fused-ring (bicyclic) bond motifs is 1. The van der Waals surface area contributed by atoms with E-state index in [1.807, 2.05) is 31.2 Å². The second-order valence-corrected chi connectivity index (χ2v) is 10.1. The first-order valence-electron chi connectivity index (χ1n) is 11.9. The molecule has 1 aromatic heterocycles. The van der Waals surface area contributed by atoms with E-state index in [1.165, 1.54) is 36.4 Å². The van der Waals surface area contributed by atoms with Gasteiger partial charge in [-0.05, 0) is 74.0 Å². The van der Waals surface area contributed by atoms with E-state index in [0.717, 1.165) is 41.4 Å². The van der Waals surface area contributed by atoms with Gasteiger partial charge in [0, 0.05) is 36.8 Å². The number of benzene rings is 1. The smallest absolute Gasteiger partial charge is 0.406 e. The molecule has 1 aliphatic carbocycles. The van der Waals surface area contributed by atoms with Crippen LogP contribution in [0.3, 0.4) is 0 Å². The monoisotopic (exact) mass is 514 g/mol. The summed E-state index contributed by atoms with van der Waals surface area (Å²) in [5.74, 6) is 0.150. The Morgan fingerprint density at radius 3 is 2.54 bits per heavy atom. The predicted octanol–water partition coefficient (Wildman–Crippen LogP) is 5.88. The minimum atomic E-state index is -4.74. The number of pyridine rings is 1. The Hall–Kier alpha value is -3.59. The number of nitrogens with one attached hydrogen (secondary N) is 2. The van der Waals surface area contributed by atoms with E-state index in [0.29, 0.717) is 12.0 Å². The average molecular weight is 515 g/mol. The highest BCUT2D eigenvalue weighted by Gasteiger charge is 2.30. The van der Waals surface area contributed by atoms with Gasteiger partial charge in [0.05, 0.1) is 5.69 Å². The number of nitrogens with zero attached hydrogens (tertiary/aromatic N) is 2. The first kappa shape index (κ1) is 28.0. The summed E-state index contributed by atoms with van der Waals surface area (Å²) in [6.07, 6.45) is 4.47. The van der Waals surface area contributed by atoms with Crippen molar-refractivity contribution in [2.75, 3.05) is 32.5 Å². The maximum Gasteiger partial charge on any atom is 0.573 e. The Balaban J connectivity index is 1.65. The maximum absolute atomic E-state index is 12.5. The Kier molecular flexibility index (Phi) is 8.81. The molecule has 2 N–H and O–H groups in total. The predicted molar refractivity (Wildman–Crippen MR) is 142 cm³/mol. The number of anilines is 1. The molecular formula is C28H33F3N4O2. The molecule has 1 aromatic carbocycles. The highest BCUT2D eigenvalue weighted by molar-refractivity contribution is 5.93. The molecule has 6 nitrogen and oxygen atoms in total. The Labute approximate surface area is 215 Å². The number of ether oxygens (including phenoxy) is 1. The summed E-state index contributed by atoms with van der Waals surface area (Å²) in [5, 5.41) is 6.34. The van der Waals surface area contributed by atoms with Crippen LogP contribution in [-0.2, 0) is 4.79 Å². The van der Waals surface area contributed by atoms with E-state index in [2.05, 4.69) is 48.2 Å². The van der Waals surface area contributed by atoms with Crippen molar-refractivity contribution in [1.29, 1.82) is 0 Å². The van der Waals surface area contributed by atoms with Crippen LogP contribution >= 0.6 is 0 Å². The van der Waals surface area contributed by atoms with Crippen molar-refractivity contribution in [3.63, 3.8) is 0 Å². The quantitative estimate of drug-likeness (QED) is 0.410. The largest absolute Gasteiger partial charge is 0.573 e. The van der Waals surface area contributed by atoms with Gasteiger partial charge in [0.25, 0.3) is 0 Å². The number of aryl methyl sites for hydroxylation is 1. The van der Waals surface area contributed by atoms with Crippen molar-refractivity contribution in [2.45, 2.75) is 33.6 Å². The number of hydrogen-bond donors (Lipinski definition) is 2. The molecule has 0 saturated heterocycles. The fourth-order valence-electron chi connectivity index (χ4n) is 4.12. The van der Waals surface area contributed by atoms with Gasteiger partial charge in [-0.3, -0.25) is 4.79 Å². The number of amides is 1. The van der Waals surface area contributed by atoms with Crippen molar-refractivity contribution < 1.29 is 22.7 Å². The summed E-state index contributed by atoms with van der Waals surface area (Å²) in [5.41, 5.74) is 4.16. The molecule has 1 amide bonds. The van der Waals surface area contributed by atoms with Crippen LogP contribution in [0, 0.1) is 12.3 Å². The molecule has 0 fully saturated rings. The standard InChI is InChI=1S/C28H33F3N4O2/c1-19-15-25(32-17-27(2,3)18-35(4)5)34-24-8-6-7-21(16-23(19)24)33-26(36)14-11-20-9-12-22(13-10-20)37-28(29,30)31/h6,8-16H,7,17-18H2,1-5H3,(H,32,34)(H,33,36)/b14-11+. The first-order valence-corrected chi connectivity index (χ1v) is 11.9. The van der Waals surface area contributed by atoms with Gasteiger partial charge in [-0.15, -0.1) is 13.2 Å². The van der Waals surface area contributed by atoms with Gasteiger partial charge in [-0.2, -0.15) is 0 Å². The number of hydrogen-bond acceptors (Lipinski definition) is 5. The number of carbonyl (C=O) groups excluding carboxylic acids is 1. The number of alkyl halides is 3. The van der Waals surface area contributed by atoms with Crippen molar-refractivity contribution in [3.8, 4) is 5.75 Å². The molecule has 0 radical (unpaired) electrons. The van der Waals surface area contributed by atoms with Crippen LogP contribution in [0.5, 0.6) is 5.75 Å². The number of halogens is 3. The maximum atomic E-state index is 12.5. The van der Waals surface area contributed by atoms with Crippen LogP contribution in [0.25, 0.3) is 18.2 Å². The topological polar surface area (TPSA) is 66.5 Å². The molecule has 0 atom stereocenters. The average Bonchev–Trinajstić information content (AvgIpc) is 2.98. The lowest BCUT2D eigenvalue weighted by Gasteiger charge is -2.28. The normalized spacial score (nSPS) is 13.8. The van der Waals surface area contributed by atoms with E-state index in [4.69, 9.17) is 4.98 Å². The SMILES string of the molecule is Cc1cc(NCC(C)(C)CN(C)C)nc2c1C=C(NC(=O)/C=C/c1ccc(OC(F)(F)F)cc1)CC=C2. The summed E-state index contributed by atoms with van der Waals surface area (Å²) in [6.45, 7) is 8.15. The Morgan fingerprint density at radius 2 is 1.89 bits per heavy atom. The molecule has 0 saturated carbocycles. The van der Waals surface area contributed by atoms with Crippen molar-refractivity contribution >= 4 is 30.0 Å². The minimum absolute atomic E-state index is 0.0749. The van der Waals surface area contributed by atoms with Gasteiger partial charge in [0.2, 0.25) is 5.91 Å². The molecule has 9 heteroatoms. The zero-order chi connectivity index (χ0) is 27.2. The third kappa shape index (κ3) is 9.09. The van der Waals surface area contributed by atoms with Crippen molar-refractivity contribution in [3.05, 3.63) is 70.6 Å². The molecule has 0 unspecified atom stereocenters.